The van der Waals surface area contributed by atoms with Gasteiger partial charge in [0, 0.05) is 42.3 Å². The van der Waals surface area contributed by atoms with Crippen LogP contribution in [0.25, 0.3) is 0 Å². The number of allylic oxidation sites excluding steroid dienone is 1. The van der Waals surface area contributed by atoms with E-state index in [0.717, 1.165) is 11.1 Å². The Kier molecular flexibility index (Phi) is 4.75. The molecule has 2 N–H and O–H groups in total. The number of hydrogen-bond acceptors (Lipinski definition) is 6. The summed E-state index contributed by atoms with van der Waals surface area (Å²) in [5, 5.41) is 9.69. The average Bonchev–Trinajstić information content (AvgIpc) is 2.95. The lowest BCUT2D eigenvalue weighted by Gasteiger charge is -2.25. The predicted octanol–water partition coefficient (Wildman–Crippen LogP) is 2.27. The summed E-state index contributed by atoms with van der Waals surface area (Å²) < 4.78 is 5.23. The highest BCUT2D eigenvalue weighted by atomic mass is 16.5. The summed E-state index contributed by atoms with van der Waals surface area (Å²) in [5.41, 5.74) is 8.72. The van der Waals surface area contributed by atoms with Crippen molar-refractivity contribution < 1.29 is 9.53 Å². The van der Waals surface area contributed by atoms with Gasteiger partial charge in [-0.1, -0.05) is 0 Å². The Balaban J connectivity index is 2.17. The Labute approximate surface area is 146 Å². The molecule has 0 bridgehead atoms. The first-order valence-corrected chi connectivity index (χ1v) is 8.05. The Morgan fingerprint density at radius 1 is 1.16 bits per heavy atom. The molecule has 0 aromatic carbocycles. The molecule has 1 aliphatic carbocycles. The van der Waals surface area contributed by atoms with Crippen LogP contribution in [-0.4, -0.2) is 22.5 Å². The van der Waals surface area contributed by atoms with Crippen LogP contribution in [0.3, 0.4) is 0 Å². The molecule has 25 heavy (non-hydrogen) atoms. The zero-order valence-electron chi connectivity index (χ0n) is 13.8. The van der Waals surface area contributed by atoms with Gasteiger partial charge in [0.25, 0.3) is 0 Å². The zero-order valence-corrected chi connectivity index (χ0v) is 13.8. The summed E-state index contributed by atoms with van der Waals surface area (Å²) in [6.45, 7) is 2.01. The van der Waals surface area contributed by atoms with E-state index in [1.807, 2.05) is 24.3 Å². The van der Waals surface area contributed by atoms with Gasteiger partial charge in [-0.05, 0) is 42.3 Å². The molecule has 2 aromatic rings. The number of ether oxygens (including phenoxy) is 1. The Hall–Kier alpha value is -3.20. The van der Waals surface area contributed by atoms with Crippen LogP contribution in [0.4, 0.5) is 0 Å². The van der Waals surface area contributed by atoms with Crippen molar-refractivity contribution in [1.29, 1.82) is 5.26 Å². The smallest absolute Gasteiger partial charge is 0.315 e. The highest BCUT2D eigenvalue weighted by molar-refractivity contribution is 5.80. The highest BCUT2D eigenvalue weighted by Gasteiger charge is 2.47. The molecule has 0 saturated carbocycles. The third-order valence-electron chi connectivity index (χ3n) is 4.49. The van der Waals surface area contributed by atoms with Crippen molar-refractivity contribution in [2.45, 2.75) is 18.8 Å². The maximum absolute atomic E-state index is 12.6. The van der Waals surface area contributed by atoms with Crippen LogP contribution in [0.15, 0.2) is 60.3 Å². The minimum atomic E-state index is -0.699. The van der Waals surface area contributed by atoms with Crippen molar-refractivity contribution in [1.82, 2.24) is 9.97 Å². The molecule has 3 unspecified atom stereocenters. The maximum atomic E-state index is 12.6. The second-order valence-electron chi connectivity index (χ2n) is 5.78. The third kappa shape index (κ3) is 2.96. The van der Waals surface area contributed by atoms with Crippen LogP contribution in [0.5, 0.6) is 0 Å². The fourth-order valence-corrected chi connectivity index (χ4v) is 3.47. The number of hydrogen-bond donors (Lipinski definition) is 1. The lowest BCUT2D eigenvalue weighted by molar-refractivity contribution is -0.147. The number of carbonyl (C=O) groups excluding carboxylic acids is 1. The van der Waals surface area contributed by atoms with Gasteiger partial charge >= 0.3 is 5.97 Å². The van der Waals surface area contributed by atoms with Crippen molar-refractivity contribution in [3.05, 3.63) is 71.4 Å². The number of esters is 1. The van der Waals surface area contributed by atoms with Crippen LogP contribution in [0, 0.1) is 17.2 Å². The topological polar surface area (TPSA) is 102 Å². The summed E-state index contributed by atoms with van der Waals surface area (Å²) in [6, 6.07) is 9.58. The van der Waals surface area contributed by atoms with Crippen molar-refractivity contribution in [3.8, 4) is 6.07 Å². The zero-order chi connectivity index (χ0) is 17.8. The number of rotatable bonds is 4. The first-order valence-electron chi connectivity index (χ1n) is 8.05. The van der Waals surface area contributed by atoms with E-state index in [9.17, 15) is 10.1 Å². The van der Waals surface area contributed by atoms with Gasteiger partial charge in [-0.2, -0.15) is 5.26 Å². The van der Waals surface area contributed by atoms with E-state index in [0.29, 0.717) is 5.57 Å². The molecule has 0 fully saturated rings. The molecule has 0 amide bonds. The van der Waals surface area contributed by atoms with Crippen molar-refractivity contribution in [3.63, 3.8) is 0 Å². The molecule has 2 heterocycles. The van der Waals surface area contributed by atoms with Crippen LogP contribution in [-0.2, 0) is 9.53 Å². The molecule has 0 radical (unpaired) electrons. The number of nitriles is 1. The highest BCUT2D eigenvalue weighted by Crippen LogP contribution is 2.51. The minimum Gasteiger partial charge on any atom is -0.465 e. The van der Waals surface area contributed by atoms with Crippen LogP contribution < -0.4 is 5.73 Å². The van der Waals surface area contributed by atoms with E-state index < -0.39 is 11.9 Å². The molecule has 3 rings (SSSR count). The molecule has 2 aromatic heterocycles. The molecular formula is C19H18N4O2. The monoisotopic (exact) mass is 334 g/mol. The maximum Gasteiger partial charge on any atom is 0.315 e. The lowest BCUT2D eigenvalue weighted by atomic mass is 9.77. The van der Waals surface area contributed by atoms with Crippen molar-refractivity contribution >= 4 is 5.97 Å². The van der Waals surface area contributed by atoms with E-state index in [1.54, 1.807) is 31.7 Å². The Morgan fingerprint density at radius 3 is 2.24 bits per heavy atom. The second-order valence-corrected chi connectivity index (χ2v) is 5.78. The van der Waals surface area contributed by atoms with E-state index in [-0.39, 0.29) is 24.1 Å². The third-order valence-corrected chi connectivity index (χ3v) is 4.49. The van der Waals surface area contributed by atoms with Crippen LogP contribution in [0.1, 0.15) is 29.9 Å². The molecule has 126 valence electrons. The van der Waals surface area contributed by atoms with Gasteiger partial charge in [-0.3, -0.25) is 14.8 Å². The van der Waals surface area contributed by atoms with Crippen LogP contribution >= 0.6 is 0 Å². The lowest BCUT2D eigenvalue weighted by Crippen LogP contribution is -2.27. The molecule has 3 atom stereocenters. The first-order chi connectivity index (χ1) is 12.2. The van der Waals surface area contributed by atoms with Crippen molar-refractivity contribution in [2.24, 2.45) is 11.7 Å². The molecule has 1 aliphatic rings. The predicted molar refractivity (Wildman–Crippen MR) is 90.9 cm³/mol. The number of nitrogens with two attached hydrogens (primary N) is 1. The van der Waals surface area contributed by atoms with Gasteiger partial charge in [0.1, 0.15) is 5.92 Å². The Bertz CT molecular complexity index is 828. The number of pyridine rings is 2. The molecule has 6 heteroatoms. The first kappa shape index (κ1) is 16.7. The molecular weight excluding hydrogens is 316 g/mol. The average molecular weight is 334 g/mol. The molecule has 6 nitrogen and oxygen atoms in total. The summed E-state index contributed by atoms with van der Waals surface area (Å²) >= 11 is 0. The molecule has 0 aliphatic heterocycles. The fourth-order valence-electron chi connectivity index (χ4n) is 3.47. The number of nitrogens with zero attached hydrogens (tertiary/aromatic N) is 3. The quantitative estimate of drug-likeness (QED) is 0.861. The normalized spacial score (nSPS) is 22.5. The molecule has 0 spiro atoms. The van der Waals surface area contributed by atoms with Gasteiger partial charge in [-0.25, -0.2) is 0 Å². The van der Waals surface area contributed by atoms with Gasteiger partial charge in [0.2, 0.25) is 0 Å². The summed E-state index contributed by atoms with van der Waals surface area (Å²) in [7, 11) is 0. The number of aromatic nitrogens is 2. The van der Waals surface area contributed by atoms with E-state index in [1.165, 1.54) is 0 Å². The van der Waals surface area contributed by atoms with Crippen molar-refractivity contribution in [2.75, 3.05) is 6.61 Å². The largest absolute Gasteiger partial charge is 0.465 e. The van der Waals surface area contributed by atoms with E-state index >= 15 is 0 Å². The summed E-state index contributed by atoms with van der Waals surface area (Å²) in [4.78, 5) is 20.7. The fraction of sp³-hybridized carbons (Fsp3) is 0.263. The van der Waals surface area contributed by atoms with E-state index in [4.69, 9.17) is 10.5 Å². The minimum absolute atomic E-state index is 0.257. The van der Waals surface area contributed by atoms with Gasteiger partial charge in [-0.15, -0.1) is 0 Å². The second kappa shape index (κ2) is 7.14. The Morgan fingerprint density at radius 2 is 1.72 bits per heavy atom. The SMILES string of the molecule is CCOC(=O)C1C(N)=C(C#N)C(c2ccncc2)C1c1ccncc1. The van der Waals surface area contributed by atoms with Gasteiger partial charge in [0.05, 0.1) is 18.2 Å². The number of carbonyl (C=O) groups is 1. The van der Waals surface area contributed by atoms with Crippen LogP contribution in [0.2, 0.25) is 0 Å². The van der Waals surface area contributed by atoms with Gasteiger partial charge in [0.15, 0.2) is 0 Å². The van der Waals surface area contributed by atoms with Gasteiger partial charge < -0.3 is 10.5 Å². The summed E-state index contributed by atoms with van der Waals surface area (Å²) in [5.74, 6) is -1.76. The van der Waals surface area contributed by atoms with E-state index in [2.05, 4.69) is 16.0 Å². The molecule has 0 saturated heterocycles. The standard InChI is InChI=1S/C19H18N4O2/c1-2-25-19(24)17-16(13-5-9-23-10-6-13)15(14(11-20)18(17)21)12-3-7-22-8-4-12/h3-10,15-17H,2,21H2,1H3. The summed E-state index contributed by atoms with van der Waals surface area (Å²) in [6.07, 6.45) is 6.67.